The van der Waals surface area contributed by atoms with E-state index in [4.69, 9.17) is 0 Å². The number of hydrogen-bond donors (Lipinski definition) is 0. The highest BCUT2D eigenvalue weighted by Gasteiger charge is 2.23. The second-order valence-corrected chi connectivity index (χ2v) is 7.60. The van der Waals surface area contributed by atoms with Crippen molar-refractivity contribution in [3.05, 3.63) is 35.4 Å². The Balaban J connectivity index is 1.53. The number of nitrogens with zero attached hydrogens (tertiary/aromatic N) is 3. The topological polar surface area (TPSA) is 43.9 Å². The van der Waals surface area contributed by atoms with Gasteiger partial charge in [0, 0.05) is 57.8 Å². The molecule has 25 heavy (non-hydrogen) atoms. The third-order valence-electron chi connectivity index (χ3n) is 5.03. The van der Waals surface area contributed by atoms with E-state index in [1.54, 1.807) is 0 Å². The summed E-state index contributed by atoms with van der Waals surface area (Å²) in [7, 11) is 0. The zero-order chi connectivity index (χ0) is 17.8. The summed E-state index contributed by atoms with van der Waals surface area (Å²) in [5.74, 6) is 1.02. The minimum Gasteiger partial charge on any atom is -0.338 e. The van der Waals surface area contributed by atoms with E-state index in [0.717, 1.165) is 56.8 Å². The van der Waals surface area contributed by atoms with Crippen LogP contribution in [-0.2, 0) is 11.3 Å². The van der Waals surface area contributed by atoms with Gasteiger partial charge >= 0.3 is 0 Å². The predicted octanol–water partition coefficient (Wildman–Crippen LogP) is 2.22. The lowest BCUT2D eigenvalue weighted by atomic mass is 10.1. The molecule has 0 unspecified atom stereocenters. The number of carbonyl (C=O) groups is 2. The molecule has 3 rings (SSSR count). The van der Waals surface area contributed by atoms with Crippen LogP contribution in [0.5, 0.6) is 0 Å². The summed E-state index contributed by atoms with van der Waals surface area (Å²) in [6.07, 6.45) is 1.62. The molecule has 0 aliphatic carbocycles. The molecule has 0 spiro atoms. The number of piperazine rings is 1. The lowest BCUT2D eigenvalue weighted by molar-refractivity contribution is -0.128. The Hall–Kier alpha value is -1.88. The average molecular weight is 343 g/mol. The molecule has 2 saturated heterocycles. The first-order valence-corrected chi connectivity index (χ1v) is 9.41. The second kappa shape index (κ2) is 8.00. The highest BCUT2D eigenvalue weighted by molar-refractivity contribution is 5.94. The molecule has 0 atom stereocenters. The van der Waals surface area contributed by atoms with Gasteiger partial charge in [0.2, 0.25) is 5.91 Å². The van der Waals surface area contributed by atoms with E-state index >= 15 is 0 Å². The summed E-state index contributed by atoms with van der Waals surface area (Å²) in [4.78, 5) is 30.7. The Kier molecular flexibility index (Phi) is 5.74. The van der Waals surface area contributed by atoms with Gasteiger partial charge in [-0.1, -0.05) is 26.0 Å². The Labute approximate surface area is 150 Å². The van der Waals surface area contributed by atoms with Crippen molar-refractivity contribution < 1.29 is 9.59 Å². The maximum Gasteiger partial charge on any atom is 0.253 e. The summed E-state index contributed by atoms with van der Waals surface area (Å²) in [6, 6.07) is 7.76. The zero-order valence-electron chi connectivity index (χ0n) is 15.4. The predicted molar refractivity (Wildman–Crippen MR) is 98.3 cm³/mol. The first-order chi connectivity index (χ1) is 12.0. The highest BCUT2D eigenvalue weighted by atomic mass is 16.2. The molecule has 5 heteroatoms. The molecule has 5 nitrogen and oxygen atoms in total. The smallest absolute Gasteiger partial charge is 0.253 e. The Morgan fingerprint density at radius 1 is 1.04 bits per heavy atom. The number of benzene rings is 1. The van der Waals surface area contributed by atoms with Crippen LogP contribution in [0.25, 0.3) is 0 Å². The standard InChI is InChI=1S/C20H29N3O2/c1-16(2)14-21-10-12-22(13-11-21)20(25)18-7-5-17(6-8-18)15-23-9-3-4-19(23)24/h5-8,16H,3-4,9-15H2,1-2H3. The van der Waals surface area contributed by atoms with E-state index in [1.807, 2.05) is 34.1 Å². The van der Waals surface area contributed by atoms with Crippen molar-refractivity contribution in [3.8, 4) is 0 Å². The molecule has 2 aliphatic rings. The van der Waals surface area contributed by atoms with Crippen molar-refractivity contribution in [2.24, 2.45) is 5.92 Å². The molecular formula is C20H29N3O2. The molecule has 1 aromatic carbocycles. The van der Waals surface area contributed by atoms with Gasteiger partial charge in [0.15, 0.2) is 0 Å². The van der Waals surface area contributed by atoms with Crippen molar-refractivity contribution >= 4 is 11.8 Å². The largest absolute Gasteiger partial charge is 0.338 e. The molecule has 136 valence electrons. The van der Waals surface area contributed by atoms with Crippen LogP contribution >= 0.6 is 0 Å². The van der Waals surface area contributed by atoms with Crippen molar-refractivity contribution in [3.63, 3.8) is 0 Å². The summed E-state index contributed by atoms with van der Waals surface area (Å²) < 4.78 is 0. The molecule has 2 amide bonds. The van der Waals surface area contributed by atoms with E-state index in [9.17, 15) is 9.59 Å². The van der Waals surface area contributed by atoms with Gasteiger partial charge in [0.25, 0.3) is 5.91 Å². The monoisotopic (exact) mass is 343 g/mol. The van der Waals surface area contributed by atoms with Gasteiger partial charge in [0.1, 0.15) is 0 Å². The quantitative estimate of drug-likeness (QED) is 0.823. The van der Waals surface area contributed by atoms with Crippen molar-refractivity contribution in [2.45, 2.75) is 33.2 Å². The van der Waals surface area contributed by atoms with Gasteiger partial charge in [0.05, 0.1) is 0 Å². The van der Waals surface area contributed by atoms with Crippen LogP contribution in [0.3, 0.4) is 0 Å². The first-order valence-electron chi connectivity index (χ1n) is 9.41. The summed E-state index contributed by atoms with van der Waals surface area (Å²) in [5.41, 5.74) is 1.84. The maximum absolute atomic E-state index is 12.7. The number of amides is 2. The molecular weight excluding hydrogens is 314 g/mol. The van der Waals surface area contributed by atoms with Crippen LogP contribution in [0.15, 0.2) is 24.3 Å². The summed E-state index contributed by atoms with van der Waals surface area (Å²) in [5, 5.41) is 0. The zero-order valence-corrected chi connectivity index (χ0v) is 15.4. The van der Waals surface area contributed by atoms with E-state index in [0.29, 0.717) is 18.9 Å². The lowest BCUT2D eigenvalue weighted by Gasteiger charge is -2.35. The first kappa shape index (κ1) is 17.9. The normalized spacial score (nSPS) is 19.1. The van der Waals surface area contributed by atoms with Gasteiger partial charge in [-0.2, -0.15) is 0 Å². The second-order valence-electron chi connectivity index (χ2n) is 7.60. The van der Waals surface area contributed by atoms with Gasteiger partial charge in [-0.15, -0.1) is 0 Å². The van der Waals surface area contributed by atoms with Gasteiger partial charge in [-0.05, 0) is 30.0 Å². The summed E-state index contributed by atoms with van der Waals surface area (Å²) in [6.45, 7) is 10.6. The molecule has 0 N–H and O–H groups in total. The minimum atomic E-state index is 0.119. The van der Waals surface area contributed by atoms with Crippen LogP contribution in [0, 0.1) is 5.92 Å². The van der Waals surface area contributed by atoms with Crippen LogP contribution in [0.2, 0.25) is 0 Å². The maximum atomic E-state index is 12.7. The fourth-order valence-corrected chi connectivity index (χ4v) is 3.68. The molecule has 1 aromatic rings. The van der Waals surface area contributed by atoms with Gasteiger partial charge in [-0.3, -0.25) is 14.5 Å². The number of rotatable bonds is 5. The van der Waals surface area contributed by atoms with Crippen LogP contribution in [0.1, 0.15) is 42.6 Å². The minimum absolute atomic E-state index is 0.119. The van der Waals surface area contributed by atoms with Crippen LogP contribution in [0.4, 0.5) is 0 Å². The average Bonchev–Trinajstić information content (AvgIpc) is 3.00. The van der Waals surface area contributed by atoms with E-state index in [-0.39, 0.29) is 11.8 Å². The molecule has 2 heterocycles. The van der Waals surface area contributed by atoms with E-state index < -0.39 is 0 Å². The fourth-order valence-electron chi connectivity index (χ4n) is 3.68. The number of carbonyl (C=O) groups excluding carboxylic acids is 2. The third-order valence-corrected chi connectivity index (χ3v) is 5.03. The Bertz CT molecular complexity index is 604. The molecule has 0 bridgehead atoms. The third kappa shape index (κ3) is 4.60. The molecule has 0 saturated carbocycles. The van der Waals surface area contributed by atoms with Gasteiger partial charge < -0.3 is 9.80 Å². The van der Waals surface area contributed by atoms with Crippen LogP contribution < -0.4 is 0 Å². The summed E-state index contributed by atoms with van der Waals surface area (Å²) >= 11 is 0. The molecule has 0 aromatic heterocycles. The Morgan fingerprint density at radius 3 is 2.28 bits per heavy atom. The van der Waals surface area contributed by atoms with Crippen molar-refractivity contribution in [1.29, 1.82) is 0 Å². The van der Waals surface area contributed by atoms with Crippen molar-refractivity contribution in [2.75, 3.05) is 39.3 Å². The number of likely N-dealkylation sites (tertiary alicyclic amines) is 1. The molecule has 2 aliphatic heterocycles. The molecule has 0 radical (unpaired) electrons. The van der Waals surface area contributed by atoms with Crippen molar-refractivity contribution in [1.82, 2.24) is 14.7 Å². The van der Waals surface area contributed by atoms with E-state index in [2.05, 4.69) is 18.7 Å². The fraction of sp³-hybridized carbons (Fsp3) is 0.600. The van der Waals surface area contributed by atoms with E-state index in [1.165, 1.54) is 0 Å². The van der Waals surface area contributed by atoms with Crippen LogP contribution in [-0.4, -0.2) is 65.8 Å². The van der Waals surface area contributed by atoms with Gasteiger partial charge in [-0.25, -0.2) is 0 Å². The highest BCUT2D eigenvalue weighted by Crippen LogP contribution is 2.16. The number of hydrogen-bond acceptors (Lipinski definition) is 3. The lowest BCUT2D eigenvalue weighted by Crippen LogP contribution is -2.49. The molecule has 2 fully saturated rings. The SMILES string of the molecule is CC(C)CN1CCN(C(=O)c2ccc(CN3CCCC3=O)cc2)CC1. The Morgan fingerprint density at radius 2 is 1.72 bits per heavy atom.